The van der Waals surface area contributed by atoms with Crippen LogP contribution < -0.4 is 4.72 Å². The molecule has 6 heteroatoms. The van der Waals surface area contributed by atoms with Crippen LogP contribution in [0.2, 0.25) is 0 Å². The summed E-state index contributed by atoms with van der Waals surface area (Å²) in [5.41, 5.74) is 0.983. The molecule has 0 aliphatic heterocycles. The molecule has 0 saturated carbocycles. The van der Waals surface area contributed by atoms with Gasteiger partial charge < -0.3 is 4.74 Å². The lowest BCUT2D eigenvalue weighted by Gasteiger charge is -2.05. The second kappa shape index (κ2) is 6.32. The van der Waals surface area contributed by atoms with Gasteiger partial charge in [-0.2, -0.15) is 0 Å². The number of hydrogen-bond donors (Lipinski definition) is 1. The van der Waals surface area contributed by atoms with E-state index in [1.54, 1.807) is 12.1 Å². The number of benzene rings is 1. The number of rotatable bonds is 6. The Kier molecular flexibility index (Phi) is 5.06. The van der Waals surface area contributed by atoms with E-state index >= 15 is 0 Å². The summed E-state index contributed by atoms with van der Waals surface area (Å²) in [7, 11) is -2.08. The van der Waals surface area contributed by atoms with Gasteiger partial charge in [-0.05, 0) is 17.7 Å². The average molecular weight is 269 g/mol. The highest BCUT2D eigenvalue weighted by molar-refractivity contribution is 7.88. The first-order valence-electron chi connectivity index (χ1n) is 5.24. The summed E-state index contributed by atoms with van der Waals surface area (Å²) in [5.74, 6) is -0.586. The third-order valence-electron chi connectivity index (χ3n) is 2.18. The Morgan fingerprint density at radius 1 is 1.39 bits per heavy atom. The van der Waals surface area contributed by atoms with Gasteiger partial charge in [0, 0.05) is 6.54 Å². The highest BCUT2D eigenvalue weighted by Crippen LogP contribution is 2.08. The number of nitrogens with one attached hydrogen (secondary N) is 1. The lowest BCUT2D eigenvalue weighted by Crippen LogP contribution is -2.25. The second-order valence-electron chi connectivity index (χ2n) is 3.58. The standard InChI is InChI=1S/C12H15NO4S/c1-3-8-13-18(15,16)9-10-4-6-11(7-5-10)12(14)17-2/h3-7,13H,1,8-9H2,2H3. The molecule has 1 N–H and O–H groups in total. The van der Waals surface area contributed by atoms with E-state index in [-0.39, 0.29) is 12.3 Å². The Balaban J connectivity index is 2.75. The van der Waals surface area contributed by atoms with Crippen molar-refractivity contribution in [2.24, 2.45) is 0 Å². The van der Waals surface area contributed by atoms with Crippen LogP contribution in [0, 0.1) is 0 Å². The van der Waals surface area contributed by atoms with Gasteiger partial charge in [-0.15, -0.1) is 6.58 Å². The van der Waals surface area contributed by atoms with E-state index in [4.69, 9.17) is 0 Å². The second-order valence-corrected chi connectivity index (χ2v) is 5.39. The summed E-state index contributed by atoms with van der Waals surface area (Å²) >= 11 is 0. The summed E-state index contributed by atoms with van der Waals surface area (Å²) in [6, 6.07) is 6.23. The maximum atomic E-state index is 11.6. The predicted octanol–water partition coefficient (Wildman–Crippen LogP) is 1.08. The Morgan fingerprint density at radius 3 is 2.50 bits per heavy atom. The number of hydrogen-bond acceptors (Lipinski definition) is 4. The van der Waals surface area contributed by atoms with E-state index in [1.165, 1.54) is 25.3 Å². The molecule has 5 nitrogen and oxygen atoms in total. The zero-order valence-corrected chi connectivity index (χ0v) is 10.9. The van der Waals surface area contributed by atoms with Gasteiger partial charge in [0.05, 0.1) is 18.4 Å². The summed E-state index contributed by atoms with van der Waals surface area (Å²) in [4.78, 5) is 11.2. The van der Waals surface area contributed by atoms with Crippen LogP contribution in [0.5, 0.6) is 0 Å². The van der Waals surface area contributed by atoms with E-state index < -0.39 is 16.0 Å². The molecule has 0 unspecified atom stereocenters. The molecule has 1 aromatic carbocycles. The highest BCUT2D eigenvalue weighted by Gasteiger charge is 2.11. The number of carbonyl (C=O) groups excluding carboxylic acids is 1. The van der Waals surface area contributed by atoms with Crippen LogP contribution in [0.3, 0.4) is 0 Å². The Hall–Kier alpha value is -1.66. The molecule has 1 aromatic rings. The fourth-order valence-electron chi connectivity index (χ4n) is 1.31. The molecule has 0 atom stereocenters. The van der Waals surface area contributed by atoms with Crippen molar-refractivity contribution in [3.8, 4) is 0 Å². The molecule has 0 aliphatic carbocycles. The monoisotopic (exact) mass is 269 g/mol. The van der Waals surface area contributed by atoms with Gasteiger partial charge in [0.15, 0.2) is 0 Å². The summed E-state index contributed by atoms with van der Waals surface area (Å²) in [6.45, 7) is 3.63. The van der Waals surface area contributed by atoms with Crippen molar-refractivity contribution in [1.29, 1.82) is 0 Å². The van der Waals surface area contributed by atoms with Gasteiger partial charge in [0.1, 0.15) is 0 Å². The minimum absolute atomic E-state index is 0.137. The van der Waals surface area contributed by atoms with Gasteiger partial charge in [-0.3, -0.25) is 0 Å². The lowest BCUT2D eigenvalue weighted by molar-refractivity contribution is 0.0600. The van der Waals surface area contributed by atoms with E-state index in [1.807, 2.05) is 0 Å². The van der Waals surface area contributed by atoms with Gasteiger partial charge in [-0.1, -0.05) is 18.2 Å². The average Bonchev–Trinajstić information content (AvgIpc) is 2.36. The largest absolute Gasteiger partial charge is 0.465 e. The van der Waals surface area contributed by atoms with Gasteiger partial charge in [0.2, 0.25) is 10.0 Å². The maximum Gasteiger partial charge on any atom is 0.337 e. The van der Waals surface area contributed by atoms with Crippen LogP contribution in [-0.4, -0.2) is 28.0 Å². The predicted molar refractivity (Wildman–Crippen MR) is 68.6 cm³/mol. The highest BCUT2D eigenvalue weighted by atomic mass is 32.2. The number of sulfonamides is 1. The number of carbonyl (C=O) groups is 1. The van der Waals surface area contributed by atoms with E-state index in [0.717, 1.165) is 0 Å². The zero-order valence-electron chi connectivity index (χ0n) is 10.0. The van der Waals surface area contributed by atoms with Gasteiger partial charge >= 0.3 is 5.97 Å². The van der Waals surface area contributed by atoms with Crippen molar-refractivity contribution in [2.45, 2.75) is 5.75 Å². The first kappa shape index (κ1) is 14.4. The topological polar surface area (TPSA) is 72.5 Å². The molecule has 0 radical (unpaired) electrons. The first-order chi connectivity index (χ1) is 8.48. The van der Waals surface area contributed by atoms with Crippen LogP contribution in [-0.2, 0) is 20.5 Å². The van der Waals surface area contributed by atoms with Crippen molar-refractivity contribution >= 4 is 16.0 Å². The molecule has 18 heavy (non-hydrogen) atoms. The Morgan fingerprint density at radius 2 is 2.00 bits per heavy atom. The summed E-state index contributed by atoms with van der Waals surface area (Å²) < 4.78 is 30.1. The van der Waals surface area contributed by atoms with Crippen LogP contribution in [0.15, 0.2) is 36.9 Å². The van der Waals surface area contributed by atoms with E-state index in [2.05, 4.69) is 16.0 Å². The minimum atomic E-state index is -3.37. The third kappa shape index (κ3) is 4.31. The van der Waals surface area contributed by atoms with E-state index in [0.29, 0.717) is 11.1 Å². The Bertz CT molecular complexity index is 520. The van der Waals surface area contributed by atoms with Crippen LogP contribution in [0.25, 0.3) is 0 Å². The molecular weight excluding hydrogens is 254 g/mol. The fourth-order valence-corrected chi connectivity index (χ4v) is 2.42. The van der Waals surface area contributed by atoms with Gasteiger partial charge in [-0.25, -0.2) is 17.9 Å². The molecular formula is C12H15NO4S. The lowest BCUT2D eigenvalue weighted by atomic mass is 10.1. The molecule has 0 fully saturated rings. The quantitative estimate of drug-likeness (QED) is 0.619. The zero-order chi connectivity index (χ0) is 13.6. The van der Waals surface area contributed by atoms with Crippen molar-refractivity contribution in [1.82, 2.24) is 4.72 Å². The molecule has 0 spiro atoms. The third-order valence-corrected chi connectivity index (χ3v) is 3.50. The molecule has 0 amide bonds. The number of methoxy groups -OCH3 is 1. The van der Waals surface area contributed by atoms with Crippen LogP contribution >= 0.6 is 0 Å². The number of esters is 1. The van der Waals surface area contributed by atoms with Crippen molar-refractivity contribution in [2.75, 3.05) is 13.7 Å². The van der Waals surface area contributed by atoms with E-state index in [9.17, 15) is 13.2 Å². The van der Waals surface area contributed by atoms with Crippen LogP contribution in [0.1, 0.15) is 15.9 Å². The SMILES string of the molecule is C=CCNS(=O)(=O)Cc1ccc(C(=O)OC)cc1. The Labute approximate surface area is 107 Å². The molecule has 98 valence electrons. The molecule has 0 bridgehead atoms. The van der Waals surface area contributed by atoms with Crippen molar-refractivity contribution in [3.63, 3.8) is 0 Å². The maximum absolute atomic E-state index is 11.6. The van der Waals surface area contributed by atoms with Crippen molar-refractivity contribution < 1.29 is 17.9 Å². The normalized spacial score (nSPS) is 10.9. The molecule has 0 aromatic heterocycles. The number of ether oxygens (including phenoxy) is 1. The minimum Gasteiger partial charge on any atom is -0.465 e. The smallest absolute Gasteiger partial charge is 0.337 e. The molecule has 1 rings (SSSR count). The van der Waals surface area contributed by atoms with Crippen LogP contribution in [0.4, 0.5) is 0 Å². The summed E-state index contributed by atoms with van der Waals surface area (Å²) in [6.07, 6.45) is 1.47. The molecule has 0 aliphatic rings. The fraction of sp³-hybridized carbons (Fsp3) is 0.250. The summed E-state index contributed by atoms with van der Waals surface area (Å²) in [5, 5.41) is 0. The first-order valence-corrected chi connectivity index (χ1v) is 6.89. The molecule has 0 saturated heterocycles. The van der Waals surface area contributed by atoms with Crippen molar-refractivity contribution in [3.05, 3.63) is 48.0 Å². The molecule has 0 heterocycles. The van der Waals surface area contributed by atoms with Gasteiger partial charge in [0.25, 0.3) is 0 Å².